The molecule has 0 spiro atoms. The van der Waals surface area contributed by atoms with E-state index in [1.54, 1.807) is 0 Å². The van der Waals surface area contributed by atoms with Crippen LogP contribution in [0.5, 0.6) is 0 Å². The third-order valence-corrected chi connectivity index (χ3v) is 3.95. The fourth-order valence-corrected chi connectivity index (χ4v) is 2.61. The van der Waals surface area contributed by atoms with Gasteiger partial charge in [-0.2, -0.15) is 0 Å². The zero-order valence-electron chi connectivity index (χ0n) is 12.2. The van der Waals surface area contributed by atoms with Crippen molar-refractivity contribution in [2.75, 3.05) is 44.7 Å². The Morgan fingerprint density at radius 3 is 3.05 bits per heavy atom. The fourth-order valence-electron chi connectivity index (χ4n) is 2.49. The Bertz CT molecular complexity index is 466. The topological polar surface area (TPSA) is 41.7 Å². The maximum atomic E-state index is 5.85. The molecule has 5 heteroatoms. The van der Waals surface area contributed by atoms with Gasteiger partial charge in [0.25, 0.3) is 0 Å². The molecule has 1 aromatic rings. The summed E-state index contributed by atoms with van der Waals surface area (Å²) >= 11 is 5.03. The first kappa shape index (κ1) is 15.2. The number of hydrogen-bond acceptors (Lipinski definition) is 4. The predicted molar refractivity (Wildman–Crippen MR) is 87.5 cm³/mol. The number of anilines is 1. The van der Waals surface area contributed by atoms with E-state index in [4.69, 9.17) is 22.7 Å². The van der Waals surface area contributed by atoms with E-state index in [1.807, 2.05) is 18.2 Å². The lowest BCUT2D eigenvalue weighted by Crippen LogP contribution is -2.46. The Morgan fingerprint density at radius 1 is 1.55 bits per heavy atom. The van der Waals surface area contributed by atoms with Crippen LogP contribution in [0, 0.1) is 0 Å². The molecule has 20 heavy (non-hydrogen) atoms. The highest BCUT2D eigenvalue weighted by Gasteiger charge is 2.20. The Kier molecular flexibility index (Phi) is 5.34. The zero-order chi connectivity index (χ0) is 14.5. The molecule has 0 saturated carbocycles. The normalized spacial score (nSPS) is 19.8. The average Bonchev–Trinajstić information content (AvgIpc) is 2.47. The highest BCUT2D eigenvalue weighted by molar-refractivity contribution is 7.80. The van der Waals surface area contributed by atoms with Gasteiger partial charge in [-0.05, 0) is 18.7 Å². The molecule has 1 saturated heterocycles. The third-order valence-electron chi connectivity index (χ3n) is 3.72. The molecule has 110 valence electrons. The lowest BCUT2D eigenvalue weighted by Gasteiger charge is -2.34. The first-order chi connectivity index (χ1) is 9.60. The van der Waals surface area contributed by atoms with Gasteiger partial charge in [0.2, 0.25) is 0 Å². The van der Waals surface area contributed by atoms with E-state index in [0.29, 0.717) is 4.99 Å². The van der Waals surface area contributed by atoms with Crippen molar-refractivity contribution in [3.63, 3.8) is 0 Å². The first-order valence-corrected chi connectivity index (χ1v) is 7.46. The van der Waals surface area contributed by atoms with Gasteiger partial charge < -0.3 is 15.4 Å². The highest BCUT2D eigenvalue weighted by atomic mass is 32.1. The summed E-state index contributed by atoms with van der Waals surface area (Å²) in [6, 6.07) is 8.03. The van der Waals surface area contributed by atoms with Crippen LogP contribution in [-0.4, -0.2) is 55.8 Å². The molecule has 1 heterocycles. The van der Waals surface area contributed by atoms with Crippen LogP contribution in [0.4, 0.5) is 5.69 Å². The van der Waals surface area contributed by atoms with E-state index in [9.17, 15) is 0 Å². The number of likely N-dealkylation sites (N-methyl/N-ethyl adjacent to an activating group) is 2. The van der Waals surface area contributed by atoms with Crippen LogP contribution in [0.15, 0.2) is 24.3 Å². The molecule has 2 N–H and O–H groups in total. The minimum atomic E-state index is 0.252. The smallest absolute Gasteiger partial charge is 0.104 e. The van der Waals surface area contributed by atoms with Crippen molar-refractivity contribution >= 4 is 22.9 Å². The van der Waals surface area contributed by atoms with Crippen LogP contribution in [0.3, 0.4) is 0 Å². The molecule has 1 fully saturated rings. The monoisotopic (exact) mass is 293 g/mol. The van der Waals surface area contributed by atoms with Crippen molar-refractivity contribution in [2.45, 2.75) is 13.0 Å². The molecule has 1 atom stereocenters. The molecule has 4 nitrogen and oxygen atoms in total. The molecular weight excluding hydrogens is 270 g/mol. The number of morpholine rings is 1. The summed E-state index contributed by atoms with van der Waals surface area (Å²) in [6.07, 6.45) is 0.252. The van der Waals surface area contributed by atoms with Crippen LogP contribution in [-0.2, 0) is 4.74 Å². The summed E-state index contributed by atoms with van der Waals surface area (Å²) in [6.45, 7) is 7.00. The fraction of sp³-hybridized carbons (Fsp3) is 0.533. The van der Waals surface area contributed by atoms with E-state index in [1.165, 1.54) is 0 Å². The van der Waals surface area contributed by atoms with Crippen LogP contribution in [0.1, 0.15) is 12.5 Å². The molecule has 1 aromatic carbocycles. The molecule has 1 unspecified atom stereocenters. The Morgan fingerprint density at radius 2 is 2.35 bits per heavy atom. The molecular formula is C15H23N3OS. The van der Waals surface area contributed by atoms with Crippen LogP contribution in [0.2, 0.25) is 0 Å². The van der Waals surface area contributed by atoms with E-state index in [2.05, 4.69) is 29.8 Å². The number of ether oxygens (including phenoxy) is 1. The van der Waals surface area contributed by atoms with E-state index >= 15 is 0 Å². The van der Waals surface area contributed by atoms with Gasteiger partial charge in [0.05, 0.1) is 12.7 Å². The number of rotatable bonds is 5. The van der Waals surface area contributed by atoms with E-state index < -0.39 is 0 Å². The van der Waals surface area contributed by atoms with Crippen molar-refractivity contribution in [2.24, 2.45) is 5.73 Å². The average molecular weight is 293 g/mol. The van der Waals surface area contributed by atoms with E-state index in [-0.39, 0.29) is 6.10 Å². The summed E-state index contributed by atoms with van der Waals surface area (Å²) in [5.74, 6) is 0. The minimum Gasteiger partial charge on any atom is -0.389 e. The van der Waals surface area contributed by atoms with E-state index in [0.717, 1.165) is 44.0 Å². The predicted octanol–water partition coefficient (Wildman–Crippen LogP) is 1.48. The largest absolute Gasteiger partial charge is 0.389 e. The Balaban J connectivity index is 1.99. The van der Waals surface area contributed by atoms with Crippen molar-refractivity contribution < 1.29 is 4.74 Å². The van der Waals surface area contributed by atoms with Crippen LogP contribution >= 0.6 is 12.2 Å². The maximum absolute atomic E-state index is 5.85. The SMILES string of the molecule is CCN1CCOC(CN(C)c2cccc(C(N)=S)c2)C1. The van der Waals surface area contributed by atoms with Gasteiger partial charge in [0, 0.05) is 37.9 Å². The molecule has 0 radical (unpaired) electrons. The highest BCUT2D eigenvalue weighted by Crippen LogP contribution is 2.16. The molecule has 0 amide bonds. The summed E-state index contributed by atoms with van der Waals surface area (Å²) in [7, 11) is 2.08. The lowest BCUT2D eigenvalue weighted by atomic mass is 10.1. The number of benzene rings is 1. The van der Waals surface area contributed by atoms with Gasteiger partial charge in [0.15, 0.2) is 0 Å². The van der Waals surface area contributed by atoms with Crippen LogP contribution in [0.25, 0.3) is 0 Å². The maximum Gasteiger partial charge on any atom is 0.104 e. The van der Waals surface area contributed by atoms with Gasteiger partial charge in [-0.25, -0.2) is 0 Å². The second kappa shape index (κ2) is 7.02. The Labute approximate surface area is 126 Å². The molecule has 0 aromatic heterocycles. The number of thiocarbonyl (C=S) groups is 1. The molecule has 0 bridgehead atoms. The van der Waals surface area contributed by atoms with Gasteiger partial charge in [-0.1, -0.05) is 31.3 Å². The van der Waals surface area contributed by atoms with Crippen molar-refractivity contribution in [3.8, 4) is 0 Å². The van der Waals surface area contributed by atoms with Crippen molar-refractivity contribution in [1.82, 2.24) is 4.90 Å². The number of nitrogens with two attached hydrogens (primary N) is 1. The number of hydrogen-bond donors (Lipinski definition) is 1. The molecule has 1 aliphatic heterocycles. The van der Waals surface area contributed by atoms with Gasteiger partial charge >= 0.3 is 0 Å². The summed E-state index contributed by atoms with van der Waals surface area (Å²) in [5.41, 5.74) is 7.71. The standard InChI is InChI=1S/C15H23N3OS/c1-3-18-7-8-19-14(11-18)10-17(2)13-6-4-5-12(9-13)15(16)20/h4-6,9,14H,3,7-8,10-11H2,1-2H3,(H2,16,20). The summed E-state index contributed by atoms with van der Waals surface area (Å²) < 4.78 is 5.85. The summed E-state index contributed by atoms with van der Waals surface area (Å²) in [5, 5.41) is 0. The van der Waals surface area contributed by atoms with Crippen LogP contribution < -0.4 is 10.6 Å². The van der Waals surface area contributed by atoms with Crippen molar-refractivity contribution in [1.29, 1.82) is 0 Å². The second-order valence-electron chi connectivity index (χ2n) is 5.18. The zero-order valence-corrected chi connectivity index (χ0v) is 13.0. The second-order valence-corrected chi connectivity index (χ2v) is 5.62. The summed E-state index contributed by atoms with van der Waals surface area (Å²) in [4.78, 5) is 5.06. The van der Waals surface area contributed by atoms with Gasteiger partial charge in [-0.15, -0.1) is 0 Å². The first-order valence-electron chi connectivity index (χ1n) is 7.05. The quantitative estimate of drug-likeness (QED) is 0.833. The van der Waals surface area contributed by atoms with Gasteiger partial charge in [0.1, 0.15) is 4.99 Å². The molecule has 2 rings (SSSR count). The number of nitrogens with zero attached hydrogens (tertiary/aromatic N) is 2. The molecule has 0 aliphatic carbocycles. The third kappa shape index (κ3) is 3.91. The lowest BCUT2D eigenvalue weighted by molar-refractivity contribution is -0.0216. The van der Waals surface area contributed by atoms with Crippen molar-refractivity contribution in [3.05, 3.63) is 29.8 Å². The Hall–Kier alpha value is -1.17. The van der Waals surface area contributed by atoms with Gasteiger partial charge in [-0.3, -0.25) is 4.90 Å². The minimum absolute atomic E-state index is 0.252. The molecule has 1 aliphatic rings.